The number of rotatable bonds is 4. The van der Waals surface area contributed by atoms with Gasteiger partial charge >= 0.3 is 0 Å². The van der Waals surface area contributed by atoms with Gasteiger partial charge in [-0.25, -0.2) is 19.9 Å². The van der Waals surface area contributed by atoms with Crippen molar-refractivity contribution < 1.29 is 4.74 Å². The van der Waals surface area contributed by atoms with E-state index in [0.717, 1.165) is 72.9 Å². The van der Waals surface area contributed by atoms with Gasteiger partial charge in [0.25, 0.3) is 0 Å². The van der Waals surface area contributed by atoms with Crippen LogP contribution in [0.4, 0.5) is 0 Å². The number of aromatic nitrogens is 6. The van der Waals surface area contributed by atoms with E-state index in [1.54, 1.807) is 12.5 Å². The third-order valence-electron chi connectivity index (χ3n) is 5.16. The standard InChI is InChI=1S/C19H20N6O/c1-2-15-16(22-11-21-15)9-14(1)17-10-20-18-19(24-17)25(12-23-18)6-3-13-4-7-26-8-5-13/h1-2,9-13H,3-8H2,(H,21,22). The average Bonchev–Trinajstić information content (AvgIpc) is 3.33. The van der Waals surface area contributed by atoms with Crippen LogP contribution < -0.4 is 0 Å². The first-order valence-electron chi connectivity index (χ1n) is 9.06. The van der Waals surface area contributed by atoms with E-state index in [1.165, 1.54) is 0 Å². The monoisotopic (exact) mass is 348 g/mol. The largest absolute Gasteiger partial charge is 0.381 e. The van der Waals surface area contributed by atoms with Crippen LogP contribution in [0.5, 0.6) is 0 Å². The number of aryl methyl sites for hydroxylation is 1. The molecule has 7 heteroatoms. The topological polar surface area (TPSA) is 81.5 Å². The number of ether oxygens (including phenoxy) is 1. The molecule has 132 valence electrons. The van der Waals surface area contributed by atoms with E-state index in [4.69, 9.17) is 9.72 Å². The van der Waals surface area contributed by atoms with Gasteiger partial charge in [0.1, 0.15) is 0 Å². The van der Waals surface area contributed by atoms with E-state index in [2.05, 4.69) is 24.5 Å². The van der Waals surface area contributed by atoms with Gasteiger partial charge in [0.05, 0.1) is 35.6 Å². The maximum Gasteiger partial charge on any atom is 0.197 e. The summed E-state index contributed by atoms with van der Waals surface area (Å²) in [7, 11) is 0. The molecule has 0 bridgehead atoms. The van der Waals surface area contributed by atoms with Crippen LogP contribution >= 0.6 is 0 Å². The van der Waals surface area contributed by atoms with E-state index >= 15 is 0 Å². The number of benzene rings is 1. The summed E-state index contributed by atoms with van der Waals surface area (Å²) in [5.41, 5.74) is 5.34. The molecule has 1 fully saturated rings. The summed E-state index contributed by atoms with van der Waals surface area (Å²) in [5.74, 6) is 0.722. The third kappa shape index (κ3) is 2.84. The molecule has 26 heavy (non-hydrogen) atoms. The van der Waals surface area contributed by atoms with E-state index in [1.807, 2.05) is 24.5 Å². The lowest BCUT2D eigenvalue weighted by Crippen LogP contribution is -2.17. The predicted molar refractivity (Wildman–Crippen MR) is 98.6 cm³/mol. The molecule has 7 nitrogen and oxygen atoms in total. The second-order valence-corrected chi connectivity index (χ2v) is 6.82. The van der Waals surface area contributed by atoms with Gasteiger partial charge in [-0.15, -0.1) is 0 Å². The molecule has 0 aliphatic carbocycles. The highest BCUT2D eigenvalue weighted by Gasteiger charge is 2.15. The van der Waals surface area contributed by atoms with E-state index in [9.17, 15) is 0 Å². The fourth-order valence-corrected chi connectivity index (χ4v) is 3.59. The molecule has 3 aromatic heterocycles. The highest BCUT2D eigenvalue weighted by atomic mass is 16.5. The van der Waals surface area contributed by atoms with Crippen molar-refractivity contribution in [2.75, 3.05) is 13.2 Å². The Balaban J connectivity index is 1.44. The Morgan fingerprint density at radius 2 is 2.08 bits per heavy atom. The van der Waals surface area contributed by atoms with Crippen LogP contribution in [-0.4, -0.2) is 42.7 Å². The first-order chi connectivity index (χ1) is 12.9. The molecule has 0 spiro atoms. The SMILES string of the molecule is c1nc2cc(-c3cnc4ncn(CCC5CCOCC5)c4n3)ccc2[nH]1. The van der Waals surface area contributed by atoms with Crippen LogP contribution in [0.15, 0.2) is 37.1 Å². The van der Waals surface area contributed by atoms with Gasteiger partial charge in [0.2, 0.25) is 0 Å². The molecule has 0 saturated carbocycles. The van der Waals surface area contributed by atoms with E-state index in [0.29, 0.717) is 5.65 Å². The zero-order valence-corrected chi connectivity index (χ0v) is 14.4. The molecule has 1 aliphatic heterocycles. The van der Waals surface area contributed by atoms with Gasteiger partial charge in [0, 0.05) is 25.3 Å². The quantitative estimate of drug-likeness (QED) is 0.612. The van der Waals surface area contributed by atoms with Crippen molar-refractivity contribution in [3.8, 4) is 11.3 Å². The number of imidazole rings is 2. The van der Waals surface area contributed by atoms with E-state index in [-0.39, 0.29) is 0 Å². The van der Waals surface area contributed by atoms with Crippen LogP contribution in [0, 0.1) is 5.92 Å². The van der Waals surface area contributed by atoms with Crippen LogP contribution in [0.1, 0.15) is 19.3 Å². The number of nitrogens with zero attached hydrogens (tertiary/aromatic N) is 5. The lowest BCUT2D eigenvalue weighted by atomic mass is 9.97. The molecular formula is C19H20N6O. The number of aromatic amines is 1. The normalized spacial score (nSPS) is 15.8. The van der Waals surface area contributed by atoms with Crippen LogP contribution in [0.3, 0.4) is 0 Å². The number of H-pyrrole nitrogens is 1. The second-order valence-electron chi connectivity index (χ2n) is 6.82. The van der Waals surface area contributed by atoms with Crippen LogP contribution in [0.25, 0.3) is 33.6 Å². The summed E-state index contributed by atoms with van der Waals surface area (Å²) in [4.78, 5) is 21.2. The third-order valence-corrected chi connectivity index (χ3v) is 5.16. The Morgan fingerprint density at radius 3 is 3.00 bits per heavy atom. The predicted octanol–water partition coefficient (Wildman–Crippen LogP) is 3.19. The summed E-state index contributed by atoms with van der Waals surface area (Å²) in [6.07, 6.45) is 8.76. The number of fused-ring (bicyclic) bond motifs is 2. The molecule has 1 saturated heterocycles. The summed E-state index contributed by atoms with van der Waals surface area (Å²) in [6, 6.07) is 6.09. The first-order valence-corrected chi connectivity index (χ1v) is 9.06. The highest BCUT2D eigenvalue weighted by molar-refractivity contribution is 5.81. The molecule has 1 N–H and O–H groups in total. The summed E-state index contributed by atoms with van der Waals surface area (Å²) in [5, 5.41) is 0. The fraction of sp³-hybridized carbons (Fsp3) is 0.368. The molecule has 0 radical (unpaired) electrons. The zero-order chi connectivity index (χ0) is 17.3. The Kier molecular flexibility index (Phi) is 3.86. The second kappa shape index (κ2) is 6.49. The molecule has 4 heterocycles. The Morgan fingerprint density at radius 1 is 1.15 bits per heavy atom. The molecule has 0 amide bonds. The molecule has 0 unspecified atom stereocenters. The van der Waals surface area contributed by atoms with Crippen molar-refractivity contribution in [3.63, 3.8) is 0 Å². The minimum absolute atomic E-state index is 0.696. The van der Waals surface area contributed by atoms with Gasteiger partial charge in [-0.1, -0.05) is 6.07 Å². The molecule has 1 aromatic carbocycles. The van der Waals surface area contributed by atoms with Crippen molar-refractivity contribution >= 4 is 22.3 Å². The molecular weight excluding hydrogens is 328 g/mol. The van der Waals surface area contributed by atoms with Gasteiger partial charge in [-0.2, -0.15) is 0 Å². The minimum atomic E-state index is 0.696. The maximum absolute atomic E-state index is 5.45. The fourth-order valence-electron chi connectivity index (χ4n) is 3.59. The summed E-state index contributed by atoms with van der Waals surface area (Å²) in [6.45, 7) is 2.68. The van der Waals surface area contributed by atoms with E-state index < -0.39 is 0 Å². The highest BCUT2D eigenvalue weighted by Crippen LogP contribution is 2.23. The number of hydrogen-bond acceptors (Lipinski definition) is 5. The van der Waals surface area contributed by atoms with Crippen LogP contribution in [0.2, 0.25) is 0 Å². The molecule has 0 atom stereocenters. The van der Waals surface area contributed by atoms with Gasteiger partial charge < -0.3 is 14.3 Å². The van der Waals surface area contributed by atoms with Crippen LogP contribution in [-0.2, 0) is 11.3 Å². The Labute approximate surface area is 150 Å². The average molecular weight is 348 g/mol. The molecule has 5 rings (SSSR count). The maximum atomic E-state index is 5.45. The van der Waals surface area contributed by atoms with Crippen molar-refractivity contribution in [2.24, 2.45) is 5.92 Å². The van der Waals surface area contributed by atoms with Crippen molar-refractivity contribution in [2.45, 2.75) is 25.8 Å². The molecule has 4 aromatic rings. The number of hydrogen-bond donors (Lipinski definition) is 1. The lowest BCUT2D eigenvalue weighted by Gasteiger charge is -2.21. The summed E-state index contributed by atoms with van der Waals surface area (Å²) < 4.78 is 7.57. The van der Waals surface area contributed by atoms with Crippen molar-refractivity contribution in [3.05, 3.63) is 37.1 Å². The number of nitrogens with one attached hydrogen (secondary N) is 1. The summed E-state index contributed by atoms with van der Waals surface area (Å²) >= 11 is 0. The zero-order valence-electron chi connectivity index (χ0n) is 14.4. The van der Waals surface area contributed by atoms with Gasteiger partial charge in [0.15, 0.2) is 11.3 Å². The lowest BCUT2D eigenvalue weighted by molar-refractivity contribution is 0.0627. The first kappa shape index (κ1) is 15.5. The smallest absolute Gasteiger partial charge is 0.197 e. The Bertz CT molecular complexity index is 1050. The Hall–Kier alpha value is -2.80. The van der Waals surface area contributed by atoms with Gasteiger partial charge in [-0.3, -0.25) is 0 Å². The minimum Gasteiger partial charge on any atom is -0.381 e. The van der Waals surface area contributed by atoms with Crippen molar-refractivity contribution in [1.82, 2.24) is 29.5 Å². The van der Waals surface area contributed by atoms with Gasteiger partial charge in [-0.05, 0) is 37.3 Å². The van der Waals surface area contributed by atoms with Crippen molar-refractivity contribution in [1.29, 1.82) is 0 Å². The molecule has 1 aliphatic rings.